The molecular weight excluding hydrogens is 492 g/mol. The summed E-state index contributed by atoms with van der Waals surface area (Å²) in [6.45, 7) is 1.19. The number of benzene rings is 1. The standard InChI is InChI=1S/C25H24N8O5/c1-15-29-31(2)25(37)33(15)18-5-3-16(4-6-18)20-12-21-23(27-9-10-32(21)30-20)24(36)28-17-7-8-26-22(11-17)38-14-19(35)13-34/h3-12,19,34-35H,13-14H2,1-2H3,(H,26,28,36)/t19-/m1/s1. The van der Waals surface area contributed by atoms with Crippen molar-refractivity contribution in [3.8, 4) is 22.8 Å². The van der Waals surface area contributed by atoms with Crippen molar-refractivity contribution < 1.29 is 19.7 Å². The Balaban J connectivity index is 1.38. The second kappa shape index (κ2) is 10.2. The van der Waals surface area contributed by atoms with E-state index < -0.39 is 18.6 Å². The smallest absolute Gasteiger partial charge is 0.350 e. The highest BCUT2D eigenvalue weighted by atomic mass is 16.5. The molecule has 13 heteroatoms. The lowest BCUT2D eigenvalue weighted by Crippen LogP contribution is -2.21. The summed E-state index contributed by atoms with van der Waals surface area (Å²) >= 11 is 0. The number of hydrogen-bond donors (Lipinski definition) is 3. The molecule has 0 bridgehead atoms. The third-order valence-electron chi connectivity index (χ3n) is 5.74. The average Bonchev–Trinajstić information content (AvgIpc) is 3.47. The van der Waals surface area contributed by atoms with Crippen LogP contribution in [0, 0.1) is 6.92 Å². The fourth-order valence-corrected chi connectivity index (χ4v) is 3.90. The summed E-state index contributed by atoms with van der Waals surface area (Å²) in [6.07, 6.45) is 3.54. The molecule has 0 aliphatic carbocycles. The minimum atomic E-state index is -1.04. The van der Waals surface area contributed by atoms with Crippen LogP contribution in [0.4, 0.5) is 5.69 Å². The number of nitrogens with one attached hydrogen (secondary N) is 1. The molecule has 0 spiro atoms. The maximum atomic E-state index is 13.1. The highest BCUT2D eigenvalue weighted by Crippen LogP contribution is 2.23. The van der Waals surface area contributed by atoms with Gasteiger partial charge in [-0.2, -0.15) is 10.2 Å². The molecule has 4 aromatic heterocycles. The molecule has 3 N–H and O–H groups in total. The maximum absolute atomic E-state index is 13.1. The van der Waals surface area contributed by atoms with Crippen LogP contribution in [0.15, 0.2) is 65.8 Å². The topological polar surface area (TPSA) is 162 Å². The van der Waals surface area contributed by atoms with Gasteiger partial charge in [0.15, 0.2) is 5.69 Å². The van der Waals surface area contributed by atoms with E-state index in [0.29, 0.717) is 28.4 Å². The predicted molar refractivity (Wildman–Crippen MR) is 136 cm³/mol. The van der Waals surface area contributed by atoms with Crippen molar-refractivity contribution in [1.82, 2.24) is 33.9 Å². The quantitative estimate of drug-likeness (QED) is 0.273. The second-order valence-electron chi connectivity index (χ2n) is 8.46. The number of amides is 1. The van der Waals surface area contributed by atoms with E-state index in [1.54, 1.807) is 36.8 Å². The molecule has 38 heavy (non-hydrogen) atoms. The number of aliphatic hydroxyl groups is 2. The van der Waals surface area contributed by atoms with Crippen molar-refractivity contribution in [3.05, 3.63) is 83.1 Å². The molecule has 5 rings (SSSR count). The first kappa shape index (κ1) is 24.8. The number of pyridine rings is 1. The Kier molecular flexibility index (Phi) is 6.68. The number of aliphatic hydroxyl groups excluding tert-OH is 2. The molecule has 1 amide bonds. The monoisotopic (exact) mass is 516 g/mol. The van der Waals surface area contributed by atoms with Crippen LogP contribution >= 0.6 is 0 Å². The minimum absolute atomic E-state index is 0.139. The first-order chi connectivity index (χ1) is 18.3. The van der Waals surface area contributed by atoms with Crippen molar-refractivity contribution >= 4 is 17.1 Å². The lowest BCUT2D eigenvalue weighted by atomic mass is 10.1. The lowest BCUT2D eigenvalue weighted by molar-refractivity contribution is 0.0521. The Morgan fingerprint density at radius 3 is 2.61 bits per heavy atom. The number of nitrogens with zero attached hydrogens (tertiary/aromatic N) is 7. The summed E-state index contributed by atoms with van der Waals surface area (Å²) in [4.78, 5) is 33.7. The van der Waals surface area contributed by atoms with E-state index in [4.69, 9.17) is 9.84 Å². The summed E-state index contributed by atoms with van der Waals surface area (Å²) in [5, 5.41) is 29.9. The lowest BCUT2D eigenvalue weighted by Gasteiger charge is -2.10. The van der Waals surface area contributed by atoms with E-state index >= 15 is 0 Å². The number of aromatic nitrogens is 7. The third kappa shape index (κ3) is 4.87. The molecule has 0 aliphatic rings. The molecule has 1 aromatic carbocycles. The van der Waals surface area contributed by atoms with Crippen LogP contribution in [0.3, 0.4) is 0 Å². The number of hydrogen-bond acceptors (Lipinski definition) is 9. The highest BCUT2D eigenvalue weighted by molar-refractivity contribution is 6.07. The van der Waals surface area contributed by atoms with Gasteiger partial charge < -0.3 is 20.3 Å². The number of anilines is 1. The fourth-order valence-electron chi connectivity index (χ4n) is 3.90. The van der Waals surface area contributed by atoms with Crippen molar-refractivity contribution in [3.63, 3.8) is 0 Å². The number of fused-ring (bicyclic) bond motifs is 1. The normalized spacial score (nSPS) is 12.0. The zero-order valence-corrected chi connectivity index (χ0v) is 20.5. The van der Waals surface area contributed by atoms with E-state index in [0.717, 1.165) is 5.56 Å². The first-order valence-electron chi connectivity index (χ1n) is 11.6. The van der Waals surface area contributed by atoms with Crippen LogP contribution in [0.2, 0.25) is 0 Å². The molecule has 0 saturated carbocycles. The highest BCUT2D eigenvalue weighted by Gasteiger charge is 2.17. The van der Waals surface area contributed by atoms with Crippen LogP contribution < -0.4 is 15.7 Å². The Hall–Kier alpha value is -4.88. The molecule has 0 unspecified atom stereocenters. The summed E-state index contributed by atoms with van der Waals surface area (Å²) in [5.74, 6) is 0.298. The Morgan fingerprint density at radius 1 is 1.11 bits per heavy atom. The summed E-state index contributed by atoms with van der Waals surface area (Å²) in [6, 6.07) is 12.2. The van der Waals surface area contributed by atoms with Crippen molar-refractivity contribution in [1.29, 1.82) is 0 Å². The fraction of sp³-hybridized carbons (Fsp3) is 0.200. The molecule has 0 aliphatic heterocycles. The van der Waals surface area contributed by atoms with Gasteiger partial charge in [-0.1, -0.05) is 12.1 Å². The number of carbonyl (C=O) groups is 1. The molecule has 5 aromatic rings. The van der Waals surface area contributed by atoms with Gasteiger partial charge in [0.2, 0.25) is 5.88 Å². The van der Waals surface area contributed by atoms with E-state index in [1.807, 2.05) is 24.3 Å². The van der Waals surface area contributed by atoms with Gasteiger partial charge >= 0.3 is 5.69 Å². The van der Waals surface area contributed by atoms with Crippen molar-refractivity contribution in [2.75, 3.05) is 18.5 Å². The predicted octanol–water partition coefficient (Wildman–Crippen LogP) is 0.968. The van der Waals surface area contributed by atoms with Gasteiger partial charge in [0.1, 0.15) is 18.5 Å². The maximum Gasteiger partial charge on any atom is 0.350 e. The van der Waals surface area contributed by atoms with Gasteiger partial charge in [0.25, 0.3) is 5.91 Å². The zero-order chi connectivity index (χ0) is 26.8. The van der Waals surface area contributed by atoms with Gasteiger partial charge in [-0.25, -0.2) is 28.5 Å². The van der Waals surface area contributed by atoms with Crippen LogP contribution in [0.25, 0.3) is 22.5 Å². The molecule has 0 saturated heterocycles. The van der Waals surface area contributed by atoms with Crippen LogP contribution in [-0.4, -0.2) is 69.4 Å². The van der Waals surface area contributed by atoms with Crippen molar-refractivity contribution in [2.45, 2.75) is 13.0 Å². The van der Waals surface area contributed by atoms with Crippen LogP contribution in [-0.2, 0) is 7.05 Å². The van der Waals surface area contributed by atoms with Crippen molar-refractivity contribution in [2.24, 2.45) is 7.05 Å². The van der Waals surface area contributed by atoms with Gasteiger partial charge in [-0.05, 0) is 31.2 Å². The Morgan fingerprint density at radius 2 is 1.89 bits per heavy atom. The molecular formula is C25H24N8O5. The SMILES string of the molecule is Cc1nn(C)c(=O)n1-c1ccc(-c2cc3c(C(=O)Nc4ccnc(OC[C@H](O)CO)c4)nccn3n2)cc1. The summed E-state index contributed by atoms with van der Waals surface area (Å²) < 4.78 is 9.70. The number of rotatable bonds is 8. The Bertz CT molecular complexity index is 1670. The van der Waals surface area contributed by atoms with Crippen LogP contribution in [0.5, 0.6) is 5.88 Å². The van der Waals surface area contributed by atoms with Gasteiger partial charge in [0.05, 0.1) is 23.5 Å². The van der Waals surface area contributed by atoms with E-state index in [1.165, 1.54) is 27.7 Å². The van der Waals surface area contributed by atoms with Gasteiger partial charge in [-0.15, -0.1) is 0 Å². The number of carbonyl (C=O) groups excluding carboxylic acids is 1. The van der Waals surface area contributed by atoms with E-state index in [2.05, 4.69) is 25.5 Å². The largest absolute Gasteiger partial charge is 0.475 e. The molecule has 0 fully saturated rings. The Labute approximate surface area is 215 Å². The minimum Gasteiger partial charge on any atom is -0.475 e. The molecule has 194 valence electrons. The molecule has 4 heterocycles. The second-order valence-corrected chi connectivity index (χ2v) is 8.46. The van der Waals surface area contributed by atoms with E-state index in [-0.39, 0.29) is 23.9 Å². The first-order valence-corrected chi connectivity index (χ1v) is 11.6. The van der Waals surface area contributed by atoms with Gasteiger partial charge in [0, 0.05) is 43.0 Å². The molecule has 13 nitrogen and oxygen atoms in total. The average molecular weight is 517 g/mol. The molecule has 0 radical (unpaired) electrons. The van der Waals surface area contributed by atoms with Crippen LogP contribution in [0.1, 0.15) is 16.3 Å². The summed E-state index contributed by atoms with van der Waals surface area (Å²) in [5.41, 5.74) is 2.94. The zero-order valence-electron chi connectivity index (χ0n) is 20.5. The number of ether oxygens (including phenoxy) is 1. The van der Waals surface area contributed by atoms with Gasteiger partial charge in [-0.3, -0.25) is 4.79 Å². The third-order valence-corrected chi connectivity index (χ3v) is 5.74. The number of aryl methyl sites for hydroxylation is 2. The molecule has 1 atom stereocenters. The van der Waals surface area contributed by atoms with E-state index in [9.17, 15) is 14.7 Å². The summed E-state index contributed by atoms with van der Waals surface area (Å²) in [7, 11) is 1.60.